The average Bonchev–Trinajstić information content (AvgIpc) is 3.24. The smallest absolute Gasteiger partial charge is 0.355 e. The van der Waals surface area contributed by atoms with Crippen LogP contribution in [-0.2, 0) is 22.6 Å². The normalized spacial score (nSPS) is 16.6. The van der Waals surface area contributed by atoms with Crippen LogP contribution in [-0.4, -0.2) is 45.9 Å². The van der Waals surface area contributed by atoms with Gasteiger partial charge in [0.1, 0.15) is 0 Å². The maximum absolute atomic E-state index is 12.3. The van der Waals surface area contributed by atoms with E-state index in [1.807, 2.05) is 31.2 Å². The molecule has 1 aliphatic rings. The van der Waals surface area contributed by atoms with E-state index in [4.69, 9.17) is 5.11 Å². The summed E-state index contributed by atoms with van der Waals surface area (Å²) in [5.41, 5.74) is 2.24. The summed E-state index contributed by atoms with van der Waals surface area (Å²) >= 11 is 1.26. The highest BCUT2D eigenvalue weighted by Gasteiger charge is 2.34. The summed E-state index contributed by atoms with van der Waals surface area (Å²) in [5, 5.41) is 13.8. The Morgan fingerprint density at radius 1 is 1.33 bits per heavy atom. The predicted octanol–water partition coefficient (Wildman–Crippen LogP) is 1.86. The van der Waals surface area contributed by atoms with Crippen molar-refractivity contribution < 1.29 is 19.5 Å². The Labute approximate surface area is 161 Å². The molecule has 1 unspecified atom stereocenters. The molecule has 1 fully saturated rings. The number of rotatable bonds is 7. The molecular weight excluding hydrogens is 366 g/mol. The summed E-state index contributed by atoms with van der Waals surface area (Å²) in [6.07, 6.45) is 0.690. The Hall–Kier alpha value is -2.74. The number of benzene rings is 1. The van der Waals surface area contributed by atoms with Gasteiger partial charge in [-0.2, -0.15) is 0 Å². The lowest BCUT2D eigenvalue weighted by atomic mass is 10.1. The first-order valence-electron chi connectivity index (χ1n) is 8.71. The van der Waals surface area contributed by atoms with Crippen LogP contribution in [0.3, 0.4) is 0 Å². The van der Waals surface area contributed by atoms with Gasteiger partial charge in [0, 0.05) is 37.9 Å². The molecule has 7 nitrogen and oxygen atoms in total. The zero-order valence-electron chi connectivity index (χ0n) is 15.0. The second-order valence-corrected chi connectivity index (χ2v) is 7.58. The standard InChI is InChI=1S/C19H21N3O4S/c1-12-2-4-13(5-3-12)9-22-10-14(8-17(22)23)18(24)20-7-6-16-21-15(11-27-16)19(25)26/h2-5,11,14H,6-10H2,1H3,(H,20,24)(H,25,26). The van der Waals surface area contributed by atoms with Gasteiger partial charge < -0.3 is 15.3 Å². The summed E-state index contributed by atoms with van der Waals surface area (Å²) < 4.78 is 0. The van der Waals surface area contributed by atoms with Crippen LogP contribution in [0.1, 0.15) is 33.0 Å². The van der Waals surface area contributed by atoms with Gasteiger partial charge in [0.05, 0.1) is 10.9 Å². The van der Waals surface area contributed by atoms with Gasteiger partial charge in [0.25, 0.3) is 0 Å². The molecule has 2 aromatic rings. The molecule has 1 aliphatic heterocycles. The Morgan fingerprint density at radius 2 is 2.07 bits per heavy atom. The molecule has 0 saturated carbocycles. The zero-order valence-corrected chi connectivity index (χ0v) is 15.8. The van der Waals surface area contributed by atoms with Gasteiger partial charge in [-0.25, -0.2) is 9.78 Å². The first-order chi connectivity index (χ1) is 12.9. The van der Waals surface area contributed by atoms with E-state index in [-0.39, 0.29) is 29.8 Å². The van der Waals surface area contributed by atoms with Crippen molar-refractivity contribution >= 4 is 29.1 Å². The molecule has 2 N–H and O–H groups in total. The molecular formula is C19H21N3O4S. The number of carboxylic acids is 1. The number of carboxylic acid groups (broad SMARTS) is 1. The summed E-state index contributed by atoms with van der Waals surface area (Å²) in [6.45, 7) is 3.31. The van der Waals surface area contributed by atoms with E-state index in [9.17, 15) is 14.4 Å². The van der Waals surface area contributed by atoms with Crippen LogP contribution in [0.2, 0.25) is 0 Å². The summed E-state index contributed by atoms with van der Waals surface area (Å²) in [6, 6.07) is 8.01. The third kappa shape index (κ3) is 4.91. The predicted molar refractivity (Wildman–Crippen MR) is 100 cm³/mol. The van der Waals surface area contributed by atoms with Crippen LogP contribution in [0.4, 0.5) is 0 Å². The number of thiazole rings is 1. The van der Waals surface area contributed by atoms with Crippen molar-refractivity contribution in [3.63, 3.8) is 0 Å². The van der Waals surface area contributed by atoms with Gasteiger partial charge in [-0.15, -0.1) is 11.3 Å². The lowest BCUT2D eigenvalue weighted by Crippen LogP contribution is -2.34. The van der Waals surface area contributed by atoms with Crippen LogP contribution in [0.5, 0.6) is 0 Å². The lowest BCUT2D eigenvalue weighted by molar-refractivity contribution is -0.129. The summed E-state index contributed by atoms with van der Waals surface area (Å²) in [4.78, 5) is 41.1. The van der Waals surface area contributed by atoms with Crippen LogP contribution >= 0.6 is 11.3 Å². The Morgan fingerprint density at radius 3 is 2.74 bits per heavy atom. The third-order valence-electron chi connectivity index (χ3n) is 4.49. The lowest BCUT2D eigenvalue weighted by Gasteiger charge is -2.16. The average molecular weight is 387 g/mol. The van der Waals surface area contributed by atoms with Gasteiger partial charge in [-0.05, 0) is 12.5 Å². The van der Waals surface area contributed by atoms with E-state index in [0.29, 0.717) is 31.1 Å². The van der Waals surface area contributed by atoms with Crippen molar-refractivity contribution in [2.45, 2.75) is 26.3 Å². The largest absolute Gasteiger partial charge is 0.476 e. The summed E-state index contributed by atoms with van der Waals surface area (Å²) in [7, 11) is 0. The van der Waals surface area contributed by atoms with Gasteiger partial charge >= 0.3 is 5.97 Å². The van der Waals surface area contributed by atoms with Crippen molar-refractivity contribution in [1.82, 2.24) is 15.2 Å². The SMILES string of the molecule is Cc1ccc(CN2CC(C(=O)NCCc3nc(C(=O)O)cs3)CC2=O)cc1. The van der Waals surface area contributed by atoms with E-state index in [1.165, 1.54) is 22.3 Å². The molecule has 27 heavy (non-hydrogen) atoms. The van der Waals surface area contributed by atoms with Crippen molar-refractivity contribution in [3.8, 4) is 0 Å². The monoisotopic (exact) mass is 387 g/mol. The highest BCUT2D eigenvalue weighted by Crippen LogP contribution is 2.20. The molecule has 142 valence electrons. The number of aryl methyl sites for hydroxylation is 1. The van der Waals surface area contributed by atoms with Crippen LogP contribution in [0, 0.1) is 12.8 Å². The minimum absolute atomic E-state index is 0.0123. The molecule has 8 heteroatoms. The molecule has 1 aromatic carbocycles. The molecule has 1 saturated heterocycles. The maximum Gasteiger partial charge on any atom is 0.355 e. The fraction of sp³-hybridized carbons (Fsp3) is 0.368. The van der Waals surface area contributed by atoms with E-state index >= 15 is 0 Å². The summed E-state index contributed by atoms with van der Waals surface area (Å²) in [5.74, 6) is -1.57. The van der Waals surface area contributed by atoms with Crippen LogP contribution in [0.25, 0.3) is 0 Å². The Balaban J connectivity index is 1.46. The number of hydrogen-bond acceptors (Lipinski definition) is 5. The van der Waals surface area contributed by atoms with E-state index in [1.54, 1.807) is 4.90 Å². The number of amides is 2. The second kappa shape index (κ2) is 8.30. The van der Waals surface area contributed by atoms with Crippen molar-refractivity contribution in [2.24, 2.45) is 5.92 Å². The quantitative estimate of drug-likeness (QED) is 0.755. The molecule has 2 heterocycles. The molecule has 3 rings (SSSR count). The maximum atomic E-state index is 12.3. The van der Waals surface area contributed by atoms with Gasteiger partial charge in [0.2, 0.25) is 11.8 Å². The zero-order chi connectivity index (χ0) is 19.4. The highest BCUT2D eigenvalue weighted by molar-refractivity contribution is 7.09. The molecule has 0 spiro atoms. The number of carbonyl (C=O) groups excluding carboxylic acids is 2. The Kier molecular flexibility index (Phi) is 5.85. The molecule has 1 atom stereocenters. The fourth-order valence-corrected chi connectivity index (χ4v) is 3.75. The van der Waals surface area contributed by atoms with Gasteiger partial charge in [-0.3, -0.25) is 9.59 Å². The van der Waals surface area contributed by atoms with E-state index in [0.717, 1.165) is 5.56 Å². The number of aromatic nitrogens is 1. The molecule has 0 radical (unpaired) electrons. The minimum Gasteiger partial charge on any atom is -0.476 e. The topological polar surface area (TPSA) is 99.6 Å². The number of nitrogens with one attached hydrogen (secondary N) is 1. The van der Waals surface area contributed by atoms with Crippen molar-refractivity contribution in [2.75, 3.05) is 13.1 Å². The number of nitrogens with zero attached hydrogens (tertiary/aromatic N) is 2. The van der Waals surface area contributed by atoms with Crippen LogP contribution < -0.4 is 5.32 Å². The third-order valence-corrected chi connectivity index (χ3v) is 5.40. The van der Waals surface area contributed by atoms with Gasteiger partial charge in [-0.1, -0.05) is 29.8 Å². The number of aromatic carboxylic acids is 1. The van der Waals surface area contributed by atoms with E-state index < -0.39 is 5.97 Å². The van der Waals surface area contributed by atoms with Crippen molar-refractivity contribution in [1.29, 1.82) is 0 Å². The fourth-order valence-electron chi connectivity index (χ4n) is 2.98. The van der Waals surface area contributed by atoms with Crippen LogP contribution in [0.15, 0.2) is 29.6 Å². The first-order valence-corrected chi connectivity index (χ1v) is 9.59. The van der Waals surface area contributed by atoms with E-state index in [2.05, 4.69) is 10.3 Å². The van der Waals surface area contributed by atoms with Gasteiger partial charge in [0.15, 0.2) is 5.69 Å². The highest BCUT2D eigenvalue weighted by atomic mass is 32.1. The minimum atomic E-state index is -1.06. The first kappa shape index (κ1) is 19.0. The number of hydrogen-bond donors (Lipinski definition) is 2. The molecule has 0 aliphatic carbocycles. The molecule has 1 aromatic heterocycles. The Bertz CT molecular complexity index is 847. The number of carbonyl (C=O) groups is 3. The molecule has 2 amide bonds. The second-order valence-electron chi connectivity index (χ2n) is 6.63. The molecule has 0 bridgehead atoms. The number of likely N-dealkylation sites (tertiary alicyclic amines) is 1. The van der Waals surface area contributed by atoms with Crippen molar-refractivity contribution in [3.05, 3.63) is 51.5 Å².